The summed E-state index contributed by atoms with van der Waals surface area (Å²) in [6.07, 6.45) is 3.23. The summed E-state index contributed by atoms with van der Waals surface area (Å²) < 4.78 is 0. The van der Waals surface area contributed by atoms with E-state index in [1.807, 2.05) is 24.4 Å². The highest BCUT2D eigenvalue weighted by molar-refractivity contribution is 7.10. The second-order valence-corrected chi connectivity index (χ2v) is 7.08. The van der Waals surface area contributed by atoms with Crippen molar-refractivity contribution in [3.8, 4) is 11.3 Å². The van der Waals surface area contributed by atoms with Crippen molar-refractivity contribution in [1.29, 1.82) is 0 Å². The zero-order valence-electron chi connectivity index (χ0n) is 13.5. The van der Waals surface area contributed by atoms with Gasteiger partial charge in [0.15, 0.2) is 0 Å². The average Bonchev–Trinajstić information content (AvgIpc) is 3.01. The molecule has 0 aromatic carbocycles. The first kappa shape index (κ1) is 16.4. The number of nitrogens with zero attached hydrogens (tertiary/aromatic N) is 2. The third-order valence-electron chi connectivity index (χ3n) is 4.16. The van der Waals surface area contributed by atoms with E-state index in [1.54, 1.807) is 28.5 Å². The quantitative estimate of drug-likeness (QED) is 0.897. The van der Waals surface area contributed by atoms with E-state index >= 15 is 0 Å². The van der Waals surface area contributed by atoms with Gasteiger partial charge in [0.2, 0.25) is 5.91 Å². The van der Waals surface area contributed by atoms with Crippen LogP contribution in [-0.2, 0) is 4.79 Å². The van der Waals surface area contributed by atoms with Gasteiger partial charge in [0.25, 0.3) is 0 Å². The van der Waals surface area contributed by atoms with Crippen LogP contribution >= 0.6 is 11.3 Å². The van der Waals surface area contributed by atoms with E-state index in [1.165, 1.54) is 4.88 Å². The van der Waals surface area contributed by atoms with Crippen LogP contribution in [0.3, 0.4) is 0 Å². The second-order valence-electron chi connectivity index (χ2n) is 5.96. The van der Waals surface area contributed by atoms with Crippen molar-refractivity contribution < 1.29 is 9.59 Å². The normalized spacial score (nSPS) is 17.5. The molecule has 3 N–H and O–H groups in total. The minimum atomic E-state index is -0.344. The standard InChI is InChI=1S/C17H20N4O2S/c1-11-8-13(10-24-11)15-14(5-2-6-19-15)20-17(23)21-7-3-4-12(9-21)16(18)22/h2,5-6,8,10,12H,3-4,7,9H2,1H3,(H2,18,22)(H,20,23)/t12-/m1/s1. The van der Waals surface area contributed by atoms with Gasteiger partial charge in [-0.2, -0.15) is 0 Å². The largest absolute Gasteiger partial charge is 0.369 e. The predicted octanol–water partition coefficient (Wildman–Crippen LogP) is 2.85. The predicted molar refractivity (Wildman–Crippen MR) is 94.8 cm³/mol. The van der Waals surface area contributed by atoms with Crippen LogP contribution in [0.1, 0.15) is 17.7 Å². The maximum absolute atomic E-state index is 12.6. The number of carbonyl (C=O) groups excluding carboxylic acids is 2. The number of urea groups is 1. The molecular formula is C17H20N4O2S. The Morgan fingerprint density at radius 3 is 3.00 bits per heavy atom. The lowest BCUT2D eigenvalue weighted by Crippen LogP contribution is -2.45. The summed E-state index contributed by atoms with van der Waals surface area (Å²) in [5.74, 6) is -0.610. The lowest BCUT2D eigenvalue weighted by atomic mass is 9.98. The van der Waals surface area contributed by atoms with Crippen molar-refractivity contribution in [3.63, 3.8) is 0 Å². The number of rotatable bonds is 3. The number of amides is 3. The monoisotopic (exact) mass is 344 g/mol. The number of pyridine rings is 1. The number of anilines is 1. The number of hydrogen-bond donors (Lipinski definition) is 2. The molecule has 1 aliphatic rings. The van der Waals surface area contributed by atoms with Crippen LogP contribution in [0.15, 0.2) is 29.8 Å². The highest BCUT2D eigenvalue weighted by Crippen LogP contribution is 2.29. The van der Waals surface area contributed by atoms with Crippen molar-refractivity contribution in [2.24, 2.45) is 11.7 Å². The Balaban J connectivity index is 1.76. The van der Waals surface area contributed by atoms with Gasteiger partial charge in [-0.1, -0.05) is 0 Å². The Bertz CT molecular complexity index is 759. The first-order valence-corrected chi connectivity index (χ1v) is 8.78. The minimum absolute atomic E-state index is 0.220. The van der Waals surface area contributed by atoms with Gasteiger partial charge in [0, 0.05) is 35.1 Å². The van der Waals surface area contributed by atoms with Gasteiger partial charge in [0.1, 0.15) is 0 Å². The zero-order chi connectivity index (χ0) is 17.1. The lowest BCUT2D eigenvalue weighted by Gasteiger charge is -2.31. The van der Waals surface area contributed by atoms with Crippen molar-refractivity contribution in [2.75, 3.05) is 18.4 Å². The van der Waals surface area contributed by atoms with Crippen LogP contribution in [0.5, 0.6) is 0 Å². The number of hydrogen-bond acceptors (Lipinski definition) is 4. The van der Waals surface area contributed by atoms with Crippen LogP contribution in [-0.4, -0.2) is 34.9 Å². The molecule has 3 rings (SSSR count). The summed E-state index contributed by atoms with van der Waals surface area (Å²) in [7, 11) is 0. The summed E-state index contributed by atoms with van der Waals surface area (Å²) in [5.41, 5.74) is 7.78. The summed E-state index contributed by atoms with van der Waals surface area (Å²) in [5, 5.41) is 4.95. The molecule has 0 aliphatic carbocycles. The number of thiophene rings is 1. The van der Waals surface area contributed by atoms with Crippen LogP contribution in [0.2, 0.25) is 0 Å². The first-order valence-electron chi connectivity index (χ1n) is 7.90. The number of nitrogens with one attached hydrogen (secondary N) is 1. The Hall–Kier alpha value is -2.41. The lowest BCUT2D eigenvalue weighted by molar-refractivity contribution is -0.123. The summed E-state index contributed by atoms with van der Waals surface area (Å²) in [6.45, 7) is 3.03. The Morgan fingerprint density at radius 2 is 2.29 bits per heavy atom. The molecule has 3 heterocycles. The summed E-state index contributed by atoms with van der Waals surface area (Å²) in [6, 6.07) is 5.46. The van der Waals surface area contributed by atoms with E-state index in [-0.39, 0.29) is 17.9 Å². The maximum Gasteiger partial charge on any atom is 0.321 e. The molecule has 3 amide bonds. The van der Waals surface area contributed by atoms with Crippen LogP contribution in [0, 0.1) is 12.8 Å². The topological polar surface area (TPSA) is 88.3 Å². The molecule has 1 saturated heterocycles. The number of likely N-dealkylation sites (tertiary alicyclic amines) is 1. The molecule has 1 aliphatic heterocycles. The maximum atomic E-state index is 12.6. The number of piperidine rings is 1. The van der Waals surface area contributed by atoms with Crippen LogP contribution in [0.4, 0.5) is 10.5 Å². The van der Waals surface area contributed by atoms with Crippen molar-refractivity contribution in [2.45, 2.75) is 19.8 Å². The van der Waals surface area contributed by atoms with Gasteiger partial charge in [-0.05, 0) is 38.0 Å². The SMILES string of the molecule is Cc1cc(-c2ncccc2NC(=O)N2CCC[C@@H](C(N)=O)C2)cs1. The molecule has 126 valence electrons. The molecule has 0 spiro atoms. The molecule has 0 bridgehead atoms. The van der Waals surface area contributed by atoms with Gasteiger partial charge in [-0.3, -0.25) is 9.78 Å². The zero-order valence-corrected chi connectivity index (χ0v) is 14.3. The molecule has 7 heteroatoms. The Morgan fingerprint density at radius 1 is 1.46 bits per heavy atom. The third-order valence-corrected chi connectivity index (χ3v) is 5.03. The van der Waals surface area contributed by atoms with Gasteiger partial charge < -0.3 is 16.0 Å². The average molecular weight is 344 g/mol. The summed E-state index contributed by atoms with van der Waals surface area (Å²) in [4.78, 5) is 31.2. The molecule has 0 saturated carbocycles. The fourth-order valence-corrected chi connectivity index (χ4v) is 3.58. The molecule has 1 fully saturated rings. The highest BCUT2D eigenvalue weighted by atomic mass is 32.1. The number of aryl methyl sites for hydroxylation is 1. The van der Waals surface area contributed by atoms with E-state index in [4.69, 9.17) is 5.73 Å². The first-order chi connectivity index (χ1) is 11.5. The Kier molecular flexibility index (Phi) is 4.80. The van der Waals surface area contributed by atoms with Gasteiger partial charge >= 0.3 is 6.03 Å². The highest BCUT2D eigenvalue weighted by Gasteiger charge is 2.27. The fourth-order valence-electron chi connectivity index (χ4n) is 2.89. The molecule has 24 heavy (non-hydrogen) atoms. The number of carbonyl (C=O) groups is 2. The fraction of sp³-hybridized carbons (Fsp3) is 0.353. The number of primary amides is 1. The second kappa shape index (κ2) is 7.00. The molecular weight excluding hydrogens is 324 g/mol. The van der Waals surface area contributed by atoms with E-state index in [0.717, 1.165) is 24.1 Å². The van der Waals surface area contributed by atoms with Crippen molar-refractivity contribution >= 4 is 29.0 Å². The minimum Gasteiger partial charge on any atom is -0.369 e. The van der Waals surface area contributed by atoms with Crippen LogP contribution < -0.4 is 11.1 Å². The molecule has 2 aromatic heterocycles. The van der Waals surface area contributed by atoms with E-state index < -0.39 is 0 Å². The molecule has 0 unspecified atom stereocenters. The van der Waals surface area contributed by atoms with Gasteiger partial charge in [-0.15, -0.1) is 11.3 Å². The van der Waals surface area contributed by atoms with Gasteiger partial charge in [0.05, 0.1) is 17.3 Å². The molecule has 2 aromatic rings. The van der Waals surface area contributed by atoms with Gasteiger partial charge in [-0.25, -0.2) is 4.79 Å². The van der Waals surface area contributed by atoms with E-state index in [2.05, 4.69) is 10.3 Å². The molecule has 6 nitrogen and oxygen atoms in total. The number of nitrogens with two attached hydrogens (primary N) is 1. The van der Waals surface area contributed by atoms with Crippen molar-refractivity contribution in [3.05, 3.63) is 34.7 Å². The van der Waals surface area contributed by atoms with Crippen molar-refractivity contribution in [1.82, 2.24) is 9.88 Å². The number of aromatic nitrogens is 1. The molecule has 0 radical (unpaired) electrons. The third kappa shape index (κ3) is 3.56. The Labute approximate surface area is 144 Å². The smallest absolute Gasteiger partial charge is 0.321 e. The molecule has 1 atom stereocenters. The van der Waals surface area contributed by atoms with E-state index in [9.17, 15) is 9.59 Å². The summed E-state index contributed by atoms with van der Waals surface area (Å²) >= 11 is 1.64. The van der Waals surface area contributed by atoms with E-state index in [0.29, 0.717) is 18.8 Å². The van der Waals surface area contributed by atoms with Crippen LogP contribution in [0.25, 0.3) is 11.3 Å².